The smallest absolute Gasteiger partial charge is 0.222 e. The Labute approximate surface area is 100 Å². The Balaban J connectivity index is 4.19. The molecule has 0 spiro atoms. The largest absolute Gasteiger partial charge is 0.342 e. The zero-order valence-electron chi connectivity index (χ0n) is 11.3. The Kier molecular flexibility index (Phi) is 8.26. The van der Waals surface area contributed by atoms with Crippen molar-refractivity contribution in [3.05, 3.63) is 0 Å². The van der Waals surface area contributed by atoms with E-state index in [9.17, 15) is 4.79 Å². The summed E-state index contributed by atoms with van der Waals surface area (Å²) in [6.45, 7) is 10.9. The molecule has 0 aliphatic heterocycles. The minimum absolute atomic E-state index is 0.288. The van der Waals surface area contributed by atoms with Crippen LogP contribution >= 0.6 is 0 Å². The summed E-state index contributed by atoms with van der Waals surface area (Å²) < 4.78 is 0. The van der Waals surface area contributed by atoms with Gasteiger partial charge in [0.25, 0.3) is 0 Å². The number of hydrogen-bond acceptors (Lipinski definition) is 2. The van der Waals surface area contributed by atoms with Crippen LogP contribution in [0.2, 0.25) is 0 Å². The quantitative estimate of drug-likeness (QED) is 0.692. The minimum Gasteiger partial charge on any atom is -0.342 e. The molecule has 16 heavy (non-hydrogen) atoms. The van der Waals surface area contributed by atoms with Crippen LogP contribution in [0, 0.1) is 11.8 Å². The van der Waals surface area contributed by atoms with Gasteiger partial charge in [-0.3, -0.25) is 4.79 Å². The van der Waals surface area contributed by atoms with Crippen LogP contribution in [0.3, 0.4) is 0 Å². The fourth-order valence-electron chi connectivity index (χ4n) is 1.61. The third-order valence-electron chi connectivity index (χ3n) is 2.79. The highest BCUT2D eigenvalue weighted by Crippen LogP contribution is 2.11. The molecule has 0 aliphatic carbocycles. The summed E-state index contributed by atoms with van der Waals surface area (Å²) in [6, 6.07) is 0. The topological polar surface area (TPSA) is 46.3 Å². The summed E-state index contributed by atoms with van der Waals surface area (Å²) in [7, 11) is 0. The van der Waals surface area contributed by atoms with E-state index in [1.54, 1.807) is 0 Å². The normalized spacial score (nSPS) is 12.9. The second kappa shape index (κ2) is 8.57. The van der Waals surface area contributed by atoms with Crippen molar-refractivity contribution >= 4 is 5.91 Å². The van der Waals surface area contributed by atoms with E-state index in [0.29, 0.717) is 24.8 Å². The van der Waals surface area contributed by atoms with E-state index in [4.69, 9.17) is 5.73 Å². The molecule has 0 aliphatic rings. The van der Waals surface area contributed by atoms with Crippen molar-refractivity contribution in [2.24, 2.45) is 17.6 Å². The highest BCUT2D eigenvalue weighted by Gasteiger charge is 2.16. The molecule has 0 bridgehead atoms. The lowest BCUT2D eigenvalue weighted by molar-refractivity contribution is -0.132. The number of carbonyl (C=O) groups excluding carboxylic acids is 1. The van der Waals surface area contributed by atoms with Gasteiger partial charge in [-0.2, -0.15) is 0 Å². The van der Waals surface area contributed by atoms with Crippen LogP contribution in [0.4, 0.5) is 0 Å². The first-order chi connectivity index (χ1) is 7.51. The molecule has 0 fully saturated rings. The monoisotopic (exact) mass is 228 g/mol. The number of amides is 1. The molecule has 0 heterocycles. The van der Waals surface area contributed by atoms with Gasteiger partial charge in [-0.05, 0) is 24.8 Å². The van der Waals surface area contributed by atoms with E-state index in [1.165, 1.54) is 0 Å². The third kappa shape index (κ3) is 6.83. The van der Waals surface area contributed by atoms with Gasteiger partial charge in [0.05, 0.1) is 0 Å². The van der Waals surface area contributed by atoms with Crippen LogP contribution < -0.4 is 5.73 Å². The maximum Gasteiger partial charge on any atom is 0.222 e. The summed E-state index contributed by atoms with van der Waals surface area (Å²) >= 11 is 0. The van der Waals surface area contributed by atoms with E-state index in [0.717, 1.165) is 25.9 Å². The maximum atomic E-state index is 12.0. The number of carbonyl (C=O) groups is 1. The second-order valence-corrected chi connectivity index (χ2v) is 5.09. The van der Waals surface area contributed by atoms with Crippen LogP contribution in [0.1, 0.15) is 47.0 Å². The van der Waals surface area contributed by atoms with E-state index in [2.05, 4.69) is 27.7 Å². The van der Waals surface area contributed by atoms with Gasteiger partial charge in [-0.25, -0.2) is 0 Å². The molecule has 0 saturated carbocycles. The highest BCUT2D eigenvalue weighted by atomic mass is 16.2. The van der Waals surface area contributed by atoms with Gasteiger partial charge in [0.15, 0.2) is 0 Å². The predicted molar refractivity (Wildman–Crippen MR) is 69.2 cm³/mol. The fraction of sp³-hybridized carbons (Fsp3) is 0.923. The molecule has 0 saturated heterocycles. The summed E-state index contributed by atoms with van der Waals surface area (Å²) in [5.74, 6) is 1.30. The van der Waals surface area contributed by atoms with Crippen molar-refractivity contribution in [1.82, 2.24) is 4.90 Å². The Hall–Kier alpha value is -0.570. The Morgan fingerprint density at radius 1 is 1.31 bits per heavy atom. The van der Waals surface area contributed by atoms with Crippen LogP contribution in [-0.2, 0) is 4.79 Å². The van der Waals surface area contributed by atoms with E-state index in [-0.39, 0.29) is 5.91 Å². The molecule has 0 rings (SSSR count). The van der Waals surface area contributed by atoms with E-state index < -0.39 is 0 Å². The zero-order chi connectivity index (χ0) is 12.6. The number of rotatable bonds is 8. The molecular formula is C13H28N2O. The maximum absolute atomic E-state index is 12.0. The first-order valence-electron chi connectivity index (χ1n) is 6.49. The first-order valence-corrected chi connectivity index (χ1v) is 6.49. The van der Waals surface area contributed by atoms with E-state index in [1.807, 2.05) is 4.90 Å². The lowest BCUT2D eigenvalue weighted by atomic mass is 10.0. The fourth-order valence-corrected chi connectivity index (χ4v) is 1.61. The molecular weight excluding hydrogens is 200 g/mol. The molecule has 0 aromatic heterocycles. The molecule has 2 N–H and O–H groups in total. The summed E-state index contributed by atoms with van der Waals surface area (Å²) in [5.41, 5.74) is 5.50. The lowest BCUT2D eigenvalue weighted by Gasteiger charge is -2.25. The van der Waals surface area contributed by atoms with Crippen molar-refractivity contribution in [2.45, 2.75) is 47.0 Å². The molecule has 1 unspecified atom stereocenters. The summed E-state index contributed by atoms with van der Waals surface area (Å²) in [6.07, 6.45) is 2.64. The van der Waals surface area contributed by atoms with Gasteiger partial charge >= 0.3 is 0 Å². The summed E-state index contributed by atoms with van der Waals surface area (Å²) in [4.78, 5) is 14.0. The Morgan fingerprint density at radius 3 is 2.38 bits per heavy atom. The SMILES string of the molecule is CCC(C)CC(=O)N(CCCN)CC(C)C. The van der Waals surface area contributed by atoms with Gasteiger partial charge in [-0.1, -0.05) is 34.1 Å². The van der Waals surface area contributed by atoms with Gasteiger partial charge in [0.2, 0.25) is 5.91 Å². The Morgan fingerprint density at radius 2 is 1.94 bits per heavy atom. The molecule has 3 nitrogen and oxygen atoms in total. The highest BCUT2D eigenvalue weighted by molar-refractivity contribution is 5.76. The molecule has 0 aromatic rings. The third-order valence-corrected chi connectivity index (χ3v) is 2.79. The van der Waals surface area contributed by atoms with Crippen molar-refractivity contribution < 1.29 is 4.79 Å². The standard InChI is InChI=1S/C13H28N2O/c1-5-12(4)9-13(16)15(8-6-7-14)10-11(2)3/h11-12H,5-10,14H2,1-4H3. The average Bonchev–Trinajstić information content (AvgIpc) is 2.23. The average molecular weight is 228 g/mol. The van der Waals surface area contributed by atoms with Crippen LogP contribution in [-0.4, -0.2) is 30.4 Å². The molecule has 1 atom stereocenters. The zero-order valence-corrected chi connectivity index (χ0v) is 11.3. The van der Waals surface area contributed by atoms with Gasteiger partial charge in [0.1, 0.15) is 0 Å². The van der Waals surface area contributed by atoms with Gasteiger partial charge < -0.3 is 10.6 Å². The lowest BCUT2D eigenvalue weighted by Crippen LogP contribution is -2.36. The van der Waals surface area contributed by atoms with Crippen molar-refractivity contribution in [2.75, 3.05) is 19.6 Å². The number of nitrogens with two attached hydrogens (primary N) is 1. The van der Waals surface area contributed by atoms with Crippen LogP contribution in [0.15, 0.2) is 0 Å². The molecule has 0 radical (unpaired) electrons. The summed E-state index contributed by atoms with van der Waals surface area (Å²) in [5, 5.41) is 0. The minimum atomic E-state index is 0.288. The second-order valence-electron chi connectivity index (χ2n) is 5.09. The molecule has 3 heteroatoms. The van der Waals surface area contributed by atoms with Gasteiger partial charge in [0, 0.05) is 19.5 Å². The van der Waals surface area contributed by atoms with Crippen LogP contribution in [0.25, 0.3) is 0 Å². The molecule has 96 valence electrons. The predicted octanol–water partition coefficient (Wildman–Crippen LogP) is 2.26. The number of hydrogen-bond donors (Lipinski definition) is 1. The molecule has 0 aromatic carbocycles. The van der Waals surface area contributed by atoms with Crippen molar-refractivity contribution in [3.8, 4) is 0 Å². The first kappa shape index (κ1) is 15.4. The van der Waals surface area contributed by atoms with Gasteiger partial charge in [-0.15, -0.1) is 0 Å². The Bertz CT molecular complexity index is 192. The van der Waals surface area contributed by atoms with Crippen LogP contribution in [0.5, 0.6) is 0 Å². The van der Waals surface area contributed by atoms with Crippen molar-refractivity contribution in [1.29, 1.82) is 0 Å². The van der Waals surface area contributed by atoms with Crippen molar-refractivity contribution in [3.63, 3.8) is 0 Å². The number of nitrogens with zero attached hydrogens (tertiary/aromatic N) is 1. The molecule has 1 amide bonds. The van der Waals surface area contributed by atoms with E-state index >= 15 is 0 Å².